The number of nitrogens with one attached hydrogen (secondary N) is 1. The SMILES string of the molecule is Cc1ccc(N2CCCC2C)c(CNC2CC2)c1. The predicted molar refractivity (Wildman–Crippen MR) is 77.1 cm³/mol. The van der Waals surface area contributed by atoms with E-state index in [1.165, 1.54) is 49.0 Å². The van der Waals surface area contributed by atoms with E-state index in [-0.39, 0.29) is 0 Å². The molecule has 1 unspecified atom stereocenters. The van der Waals surface area contributed by atoms with Gasteiger partial charge in [-0.15, -0.1) is 0 Å². The number of benzene rings is 1. The highest BCUT2D eigenvalue weighted by atomic mass is 15.2. The first-order chi connectivity index (χ1) is 8.74. The Morgan fingerprint density at radius 3 is 2.78 bits per heavy atom. The number of hydrogen-bond donors (Lipinski definition) is 1. The Balaban J connectivity index is 1.81. The molecule has 1 aliphatic heterocycles. The minimum Gasteiger partial charge on any atom is -0.369 e. The molecule has 0 amide bonds. The van der Waals surface area contributed by atoms with Crippen LogP contribution in [0.3, 0.4) is 0 Å². The summed E-state index contributed by atoms with van der Waals surface area (Å²) in [4.78, 5) is 2.59. The molecule has 1 atom stereocenters. The lowest BCUT2D eigenvalue weighted by Crippen LogP contribution is -2.28. The Kier molecular flexibility index (Phi) is 3.29. The molecule has 1 aromatic carbocycles. The molecule has 1 heterocycles. The minimum atomic E-state index is 0.701. The molecule has 1 saturated carbocycles. The van der Waals surface area contributed by atoms with E-state index in [0.717, 1.165) is 12.6 Å². The summed E-state index contributed by atoms with van der Waals surface area (Å²) in [6.07, 6.45) is 5.40. The third-order valence-corrected chi connectivity index (χ3v) is 4.26. The van der Waals surface area contributed by atoms with Gasteiger partial charge in [0.2, 0.25) is 0 Å². The van der Waals surface area contributed by atoms with Crippen LogP contribution in [0.25, 0.3) is 0 Å². The van der Waals surface area contributed by atoms with Gasteiger partial charge in [0.1, 0.15) is 0 Å². The third kappa shape index (κ3) is 2.54. The van der Waals surface area contributed by atoms with Crippen molar-refractivity contribution in [2.45, 2.75) is 58.2 Å². The fourth-order valence-corrected chi connectivity index (χ4v) is 2.97. The van der Waals surface area contributed by atoms with Gasteiger partial charge in [0.25, 0.3) is 0 Å². The van der Waals surface area contributed by atoms with E-state index in [1.807, 2.05) is 0 Å². The molecule has 0 radical (unpaired) electrons. The zero-order valence-electron chi connectivity index (χ0n) is 11.6. The van der Waals surface area contributed by atoms with Crippen LogP contribution in [0.1, 0.15) is 43.7 Å². The van der Waals surface area contributed by atoms with Gasteiger partial charge in [0.15, 0.2) is 0 Å². The minimum absolute atomic E-state index is 0.701. The monoisotopic (exact) mass is 244 g/mol. The Hall–Kier alpha value is -1.02. The molecule has 0 spiro atoms. The fourth-order valence-electron chi connectivity index (χ4n) is 2.97. The van der Waals surface area contributed by atoms with Crippen molar-refractivity contribution < 1.29 is 0 Å². The van der Waals surface area contributed by atoms with Gasteiger partial charge < -0.3 is 10.2 Å². The van der Waals surface area contributed by atoms with E-state index in [1.54, 1.807) is 0 Å². The Labute approximate surface area is 110 Å². The summed E-state index contributed by atoms with van der Waals surface area (Å²) in [7, 11) is 0. The topological polar surface area (TPSA) is 15.3 Å². The highest BCUT2D eigenvalue weighted by Crippen LogP contribution is 2.30. The smallest absolute Gasteiger partial charge is 0.0414 e. The zero-order valence-corrected chi connectivity index (χ0v) is 11.6. The number of nitrogens with zero attached hydrogens (tertiary/aromatic N) is 1. The van der Waals surface area contributed by atoms with E-state index in [9.17, 15) is 0 Å². The molecule has 2 aliphatic rings. The van der Waals surface area contributed by atoms with Crippen molar-refractivity contribution in [3.05, 3.63) is 29.3 Å². The molecular weight excluding hydrogens is 220 g/mol. The molecule has 98 valence electrons. The van der Waals surface area contributed by atoms with E-state index in [0.29, 0.717) is 6.04 Å². The third-order valence-electron chi connectivity index (χ3n) is 4.26. The molecule has 2 nitrogen and oxygen atoms in total. The second-order valence-electron chi connectivity index (χ2n) is 5.97. The Morgan fingerprint density at radius 2 is 2.11 bits per heavy atom. The van der Waals surface area contributed by atoms with Gasteiger partial charge in [-0.25, -0.2) is 0 Å². The Morgan fingerprint density at radius 1 is 1.28 bits per heavy atom. The molecular formula is C16H24N2. The van der Waals surface area contributed by atoms with E-state index in [2.05, 4.69) is 42.3 Å². The molecule has 1 aliphatic carbocycles. The van der Waals surface area contributed by atoms with E-state index >= 15 is 0 Å². The van der Waals surface area contributed by atoms with Crippen molar-refractivity contribution in [2.75, 3.05) is 11.4 Å². The maximum absolute atomic E-state index is 3.65. The van der Waals surface area contributed by atoms with Crippen LogP contribution < -0.4 is 10.2 Å². The molecule has 2 heteroatoms. The van der Waals surface area contributed by atoms with Crippen LogP contribution in [0.4, 0.5) is 5.69 Å². The van der Waals surface area contributed by atoms with Gasteiger partial charge in [0.05, 0.1) is 0 Å². The Bertz CT molecular complexity index is 423. The van der Waals surface area contributed by atoms with Gasteiger partial charge >= 0.3 is 0 Å². The highest BCUT2D eigenvalue weighted by molar-refractivity contribution is 5.56. The number of hydrogen-bond acceptors (Lipinski definition) is 2. The maximum atomic E-state index is 3.65. The van der Waals surface area contributed by atoms with Crippen molar-refractivity contribution in [3.8, 4) is 0 Å². The average Bonchev–Trinajstić information content (AvgIpc) is 3.09. The van der Waals surface area contributed by atoms with Gasteiger partial charge in [-0.2, -0.15) is 0 Å². The van der Waals surface area contributed by atoms with Crippen LogP contribution in [0.15, 0.2) is 18.2 Å². The van der Waals surface area contributed by atoms with Gasteiger partial charge in [-0.1, -0.05) is 17.7 Å². The second kappa shape index (κ2) is 4.93. The molecule has 1 N–H and O–H groups in total. The van der Waals surface area contributed by atoms with Crippen LogP contribution >= 0.6 is 0 Å². The summed E-state index contributed by atoms with van der Waals surface area (Å²) < 4.78 is 0. The normalized spacial score (nSPS) is 23.7. The predicted octanol–water partition coefficient (Wildman–Crippen LogP) is 3.24. The first-order valence-electron chi connectivity index (χ1n) is 7.33. The lowest BCUT2D eigenvalue weighted by Gasteiger charge is -2.27. The van der Waals surface area contributed by atoms with Gasteiger partial charge in [-0.3, -0.25) is 0 Å². The first kappa shape index (κ1) is 12.0. The van der Waals surface area contributed by atoms with E-state index in [4.69, 9.17) is 0 Å². The lowest BCUT2D eigenvalue weighted by atomic mass is 10.1. The number of aryl methyl sites for hydroxylation is 1. The van der Waals surface area contributed by atoms with E-state index < -0.39 is 0 Å². The summed E-state index contributed by atoms with van der Waals surface area (Å²) >= 11 is 0. The molecule has 0 aromatic heterocycles. The van der Waals surface area contributed by atoms with Crippen molar-refractivity contribution >= 4 is 5.69 Å². The van der Waals surface area contributed by atoms with Gasteiger partial charge in [0, 0.05) is 30.9 Å². The standard InChI is InChI=1S/C16H24N2/c1-12-5-8-16(18-9-3-4-13(18)2)14(10-12)11-17-15-6-7-15/h5,8,10,13,15,17H,3-4,6-7,9,11H2,1-2H3. The fraction of sp³-hybridized carbons (Fsp3) is 0.625. The highest BCUT2D eigenvalue weighted by Gasteiger charge is 2.24. The average molecular weight is 244 g/mol. The van der Waals surface area contributed by atoms with Crippen LogP contribution in [-0.2, 0) is 6.54 Å². The largest absolute Gasteiger partial charge is 0.369 e. The number of rotatable bonds is 4. The van der Waals surface area contributed by atoms with Crippen molar-refractivity contribution in [3.63, 3.8) is 0 Å². The summed E-state index contributed by atoms with van der Waals surface area (Å²) in [5.74, 6) is 0. The van der Waals surface area contributed by atoms with Crippen LogP contribution in [0.5, 0.6) is 0 Å². The zero-order chi connectivity index (χ0) is 12.5. The number of anilines is 1. The van der Waals surface area contributed by atoms with Gasteiger partial charge in [-0.05, 0) is 51.2 Å². The molecule has 0 bridgehead atoms. The first-order valence-corrected chi connectivity index (χ1v) is 7.33. The van der Waals surface area contributed by atoms with Crippen molar-refractivity contribution in [1.29, 1.82) is 0 Å². The maximum Gasteiger partial charge on any atom is 0.0414 e. The second-order valence-corrected chi connectivity index (χ2v) is 5.97. The van der Waals surface area contributed by atoms with Crippen molar-refractivity contribution in [1.82, 2.24) is 5.32 Å². The quantitative estimate of drug-likeness (QED) is 0.874. The summed E-state index contributed by atoms with van der Waals surface area (Å²) in [6, 6.07) is 8.42. The molecule has 1 saturated heterocycles. The molecule has 18 heavy (non-hydrogen) atoms. The molecule has 2 fully saturated rings. The lowest BCUT2D eigenvalue weighted by molar-refractivity contribution is 0.678. The van der Waals surface area contributed by atoms with Crippen LogP contribution in [-0.4, -0.2) is 18.6 Å². The van der Waals surface area contributed by atoms with Crippen molar-refractivity contribution in [2.24, 2.45) is 0 Å². The summed E-state index contributed by atoms with van der Waals surface area (Å²) in [5.41, 5.74) is 4.31. The molecule has 3 rings (SSSR count). The summed E-state index contributed by atoms with van der Waals surface area (Å²) in [5, 5.41) is 3.65. The van der Waals surface area contributed by atoms with Crippen LogP contribution in [0.2, 0.25) is 0 Å². The van der Waals surface area contributed by atoms with Crippen LogP contribution in [0, 0.1) is 6.92 Å². The molecule has 1 aromatic rings. The summed E-state index contributed by atoms with van der Waals surface area (Å²) in [6.45, 7) is 6.80.